The molecule has 1 amide bonds. The van der Waals surface area contributed by atoms with E-state index in [9.17, 15) is 18.0 Å². The number of halogens is 3. The van der Waals surface area contributed by atoms with Gasteiger partial charge >= 0.3 is 6.18 Å². The Hall–Kier alpha value is -3.48. The number of benzene rings is 3. The van der Waals surface area contributed by atoms with Crippen LogP contribution in [0, 0.1) is 0 Å². The third kappa shape index (κ3) is 5.51. The summed E-state index contributed by atoms with van der Waals surface area (Å²) in [6.07, 6.45) is -4.48. The molecule has 0 saturated heterocycles. The highest BCUT2D eigenvalue weighted by atomic mass is 19.4. The predicted molar refractivity (Wildman–Crippen MR) is 98.5 cm³/mol. The normalized spacial score (nSPS) is 11.0. The Balaban J connectivity index is 1.57. The highest BCUT2D eigenvalue weighted by Gasteiger charge is 2.30. The van der Waals surface area contributed by atoms with Gasteiger partial charge in [0.05, 0.1) is 5.56 Å². The maximum absolute atomic E-state index is 12.7. The topological polar surface area (TPSA) is 47.6 Å². The summed E-state index contributed by atoms with van der Waals surface area (Å²) in [7, 11) is 0. The number of para-hydroxylation sites is 1. The standard InChI is InChI=1S/C21H16F3NO3/c22-21(23,24)15-6-4-7-16(12-15)25-20(26)14-27-18-10-5-11-19(13-18)28-17-8-2-1-3-9-17/h1-13H,14H2,(H,25,26). The minimum Gasteiger partial charge on any atom is -0.484 e. The zero-order chi connectivity index (χ0) is 20.0. The van der Waals surface area contributed by atoms with Gasteiger partial charge in [0.1, 0.15) is 17.2 Å². The molecule has 0 heterocycles. The molecule has 0 aliphatic rings. The second kappa shape index (κ2) is 8.47. The zero-order valence-electron chi connectivity index (χ0n) is 14.6. The lowest BCUT2D eigenvalue weighted by Gasteiger charge is -2.11. The molecule has 0 radical (unpaired) electrons. The van der Waals surface area contributed by atoms with Gasteiger partial charge in [-0.2, -0.15) is 13.2 Å². The Morgan fingerprint density at radius 1 is 0.821 bits per heavy atom. The molecule has 3 rings (SSSR count). The predicted octanol–water partition coefficient (Wildman–Crippen LogP) is 5.52. The molecule has 7 heteroatoms. The number of hydrogen-bond acceptors (Lipinski definition) is 3. The van der Waals surface area contributed by atoms with E-state index in [0.29, 0.717) is 17.2 Å². The lowest BCUT2D eigenvalue weighted by Crippen LogP contribution is -2.20. The first-order valence-corrected chi connectivity index (χ1v) is 8.33. The summed E-state index contributed by atoms with van der Waals surface area (Å²) in [5, 5.41) is 2.38. The van der Waals surface area contributed by atoms with Crippen molar-refractivity contribution in [2.75, 3.05) is 11.9 Å². The van der Waals surface area contributed by atoms with Gasteiger partial charge in [-0.05, 0) is 42.5 Å². The van der Waals surface area contributed by atoms with Crippen molar-refractivity contribution in [3.05, 3.63) is 84.4 Å². The number of nitrogens with one attached hydrogen (secondary N) is 1. The summed E-state index contributed by atoms with van der Waals surface area (Å²) in [5.74, 6) is 1.00. The lowest BCUT2D eigenvalue weighted by atomic mass is 10.2. The van der Waals surface area contributed by atoms with Crippen LogP contribution in [0.2, 0.25) is 0 Å². The molecule has 3 aromatic rings. The van der Waals surface area contributed by atoms with Crippen LogP contribution in [0.5, 0.6) is 17.2 Å². The van der Waals surface area contributed by atoms with Crippen LogP contribution in [0.15, 0.2) is 78.9 Å². The highest BCUT2D eigenvalue weighted by Crippen LogP contribution is 2.30. The summed E-state index contributed by atoms with van der Waals surface area (Å²) < 4.78 is 49.2. The first-order valence-electron chi connectivity index (χ1n) is 8.33. The van der Waals surface area contributed by atoms with Crippen LogP contribution in [0.1, 0.15) is 5.56 Å². The number of ether oxygens (including phenoxy) is 2. The van der Waals surface area contributed by atoms with Gasteiger partial charge in [-0.25, -0.2) is 0 Å². The fourth-order valence-electron chi connectivity index (χ4n) is 2.37. The summed E-state index contributed by atoms with van der Waals surface area (Å²) in [5.41, 5.74) is -0.790. The van der Waals surface area contributed by atoms with Crippen LogP contribution >= 0.6 is 0 Å². The van der Waals surface area contributed by atoms with Crippen molar-refractivity contribution in [3.8, 4) is 17.2 Å². The van der Waals surface area contributed by atoms with Gasteiger partial charge in [0.2, 0.25) is 0 Å². The number of carbonyl (C=O) groups is 1. The summed E-state index contributed by atoms with van der Waals surface area (Å²) in [6.45, 7) is -0.356. The Morgan fingerprint density at radius 2 is 1.50 bits per heavy atom. The summed E-state index contributed by atoms with van der Waals surface area (Å²) >= 11 is 0. The second-order valence-electron chi connectivity index (χ2n) is 5.81. The third-order valence-electron chi connectivity index (χ3n) is 3.63. The fraction of sp³-hybridized carbons (Fsp3) is 0.0952. The van der Waals surface area contributed by atoms with E-state index in [1.54, 1.807) is 36.4 Å². The van der Waals surface area contributed by atoms with Crippen LogP contribution in [0.4, 0.5) is 18.9 Å². The van der Waals surface area contributed by atoms with E-state index in [-0.39, 0.29) is 12.3 Å². The molecular formula is C21H16F3NO3. The molecule has 0 aliphatic heterocycles. The molecule has 0 fully saturated rings. The minimum atomic E-state index is -4.48. The number of amides is 1. The Morgan fingerprint density at radius 3 is 2.25 bits per heavy atom. The largest absolute Gasteiger partial charge is 0.484 e. The number of anilines is 1. The minimum absolute atomic E-state index is 0.0459. The molecule has 0 aliphatic carbocycles. The Kier molecular flexibility index (Phi) is 5.84. The summed E-state index contributed by atoms with van der Waals surface area (Å²) in [4.78, 5) is 12.0. The zero-order valence-corrected chi connectivity index (χ0v) is 14.6. The van der Waals surface area contributed by atoms with Crippen molar-refractivity contribution in [3.63, 3.8) is 0 Å². The summed E-state index contributed by atoms with van der Waals surface area (Å²) in [6, 6.07) is 20.3. The monoisotopic (exact) mass is 387 g/mol. The van der Waals surface area contributed by atoms with E-state index in [0.717, 1.165) is 12.1 Å². The molecule has 0 spiro atoms. The van der Waals surface area contributed by atoms with E-state index in [2.05, 4.69) is 5.32 Å². The first kappa shape index (κ1) is 19.3. The third-order valence-corrected chi connectivity index (χ3v) is 3.63. The second-order valence-corrected chi connectivity index (χ2v) is 5.81. The lowest BCUT2D eigenvalue weighted by molar-refractivity contribution is -0.137. The molecule has 1 N–H and O–H groups in total. The highest BCUT2D eigenvalue weighted by molar-refractivity contribution is 5.91. The van der Waals surface area contributed by atoms with Crippen LogP contribution in [0.3, 0.4) is 0 Å². The molecule has 0 aromatic heterocycles. The first-order chi connectivity index (χ1) is 13.4. The Bertz CT molecular complexity index is 943. The van der Waals surface area contributed by atoms with E-state index in [1.807, 2.05) is 18.2 Å². The fourth-order valence-corrected chi connectivity index (χ4v) is 2.37. The van der Waals surface area contributed by atoms with Gasteiger partial charge in [0.15, 0.2) is 6.61 Å². The molecule has 144 valence electrons. The molecule has 0 bridgehead atoms. The smallest absolute Gasteiger partial charge is 0.416 e. The van der Waals surface area contributed by atoms with Crippen molar-refractivity contribution in [1.82, 2.24) is 0 Å². The molecule has 0 saturated carbocycles. The van der Waals surface area contributed by atoms with Gasteiger partial charge in [-0.15, -0.1) is 0 Å². The van der Waals surface area contributed by atoms with Crippen LogP contribution < -0.4 is 14.8 Å². The molecule has 0 unspecified atom stereocenters. The number of alkyl halides is 3. The van der Waals surface area contributed by atoms with E-state index < -0.39 is 17.6 Å². The van der Waals surface area contributed by atoms with Crippen LogP contribution in [-0.4, -0.2) is 12.5 Å². The van der Waals surface area contributed by atoms with E-state index in [1.165, 1.54) is 12.1 Å². The van der Waals surface area contributed by atoms with E-state index in [4.69, 9.17) is 9.47 Å². The van der Waals surface area contributed by atoms with Crippen molar-refractivity contribution < 1.29 is 27.4 Å². The molecule has 4 nitrogen and oxygen atoms in total. The van der Waals surface area contributed by atoms with Gasteiger partial charge in [0.25, 0.3) is 5.91 Å². The van der Waals surface area contributed by atoms with Gasteiger partial charge in [-0.1, -0.05) is 30.3 Å². The molecule has 0 atom stereocenters. The maximum atomic E-state index is 12.7. The van der Waals surface area contributed by atoms with Gasteiger partial charge < -0.3 is 14.8 Å². The Labute approximate surface area is 159 Å². The number of carbonyl (C=O) groups excluding carboxylic acids is 1. The number of rotatable bonds is 6. The van der Waals surface area contributed by atoms with Crippen molar-refractivity contribution in [2.24, 2.45) is 0 Å². The quantitative estimate of drug-likeness (QED) is 0.606. The molecule has 3 aromatic carbocycles. The van der Waals surface area contributed by atoms with Crippen LogP contribution in [0.25, 0.3) is 0 Å². The van der Waals surface area contributed by atoms with E-state index >= 15 is 0 Å². The molecule has 28 heavy (non-hydrogen) atoms. The average molecular weight is 387 g/mol. The van der Waals surface area contributed by atoms with Crippen molar-refractivity contribution >= 4 is 11.6 Å². The average Bonchev–Trinajstić information content (AvgIpc) is 2.67. The SMILES string of the molecule is O=C(COc1cccc(Oc2ccccc2)c1)Nc1cccc(C(F)(F)F)c1. The van der Waals surface area contributed by atoms with Gasteiger partial charge in [0, 0.05) is 11.8 Å². The molecular weight excluding hydrogens is 371 g/mol. The van der Waals surface area contributed by atoms with Crippen molar-refractivity contribution in [1.29, 1.82) is 0 Å². The van der Waals surface area contributed by atoms with Gasteiger partial charge in [-0.3, -0.25) is 4.79 Å². The van der Waals surface area contributed by atoms with Crippen LogP contribution in [-0.2, 0) is 11.0 Å². The maximum Gasteiger partial charge on any atom is 0.416 e. The van der Waals surface area contributed by atoms with Crippen molar-refractivity contribution in [2.45, 2.75) is 6.18 Å². The number of hydrogen-bond donors (Lipinski definition) is 1.